The number of nitrogens with one attached hydrogen (secondary N) is 1. The Kier molecular flexibility index (Phi) is 5.41. The number of aromatic carboxylic acids is 1. The fraction of sp³-hybridized carbons (Fsp3) is 0.250. The lowest BCUT2D eigenvalue weighted by Crippen LogP contribution is -2.02. The molecule has 0 spiro atoms. The first-order chi connectivity index (χ1) is 13.0. The van der Waals surface area contributed by atoms with Gasteiger partial charge in [0.25, 0.3) is 0 Å². The minimum atomic E-state index is -0.888. The SMILES string of the molecule is COc1cc(CNc2ccc3sc(C(=O)O)c(C)c3c2)cc(OC)c1OC. The largest absolute Gasteiger partial charge is 0.493 e. The van der Waals surface area contributed by atoms with Crippen molar-refractivity contribution >= 4 is 33.1 Å². The first-order valence-electron chi connectivity index (χ1n) is 8.27. The van der Waals surface area contributed by atoms with E-state index in [-0.39, 0.29) is 0 Å². The smallest absolute Gasteiger partial charge is 0.346 e. The van der Waals surface area contributed by atoms with Crippen LogP contribution < -0.4 is 19.5 Å². The van der Waals surface area contributed by atoms with Crippen molar-refractivity contribution < 1.29 is 24.1 Å². The monoisotopic (exact) mass is 387 g/mol. The van der Waals surface area contributed by atoms with Gasteiger partial charge in [0.1, 0.15) is 4.88 Å². The van der Waals surface area contributed by atoms with Crippen molar-refractivity contribution in [1.82, 2.24) is 0 Å². The molecular formula is C20H21NO5S. The van der Waals surface area contributed by atoms with Crippen LogP contribution in [0.2, 0.25) is 0 Å². The summed E-state index contributed by atoms with van der Waals surface area (Å²) in [5, 5.41) is 13.6. The molecule has 27 heavy (non-hydrogen) atoms. The number of ether oxygens (including phenoxy) is 3. The first kappa shape index (κ1) is 18.8. The highest BCUT2D eigenvalue weighted by molar-refractivity contribution is 7.21. The Labute approximate surface area is 161 Å². The molecule has 3 aromatic rings. The van der Waals surface area contributed by atoms with E-state index in [1.165, 1.54) is 11.3 Å². The number of thiophene rings is 1. The van der Waals surface area contributed by atoms with Crippen LogP contribution in [0.15, 0.2) is 30.3 Å². The number of hydrogen-bond donors (Lipinski definition) is 2. The second kappa shape index (κ2) is 7.75. The molecule has 0 atom stereocenters. The van der Waals surface area contributed by atoms with E-state index in [0.29, 0.717) is 28.7 Å². The van der Waals surface area contributed by atoms with Gasteiger partial charge >= 0.3 is 5.97 Å². The second-order valence-electron chi connectivity index (χ2n) is 5.96. The maximum atomic E-state index is 11.3. The molecule has 0 aliphatic rings. The van der Waals surface area contributed by atoms with E-state index in [1.807, 2.05) is 37.3 Å². The molecule has 0 amide bonds. The van der Waals surface area contributed by atoms with Crippen LogP contribution in [0.5, 0.6) is 17.2 Å². The Balaban J connectivity index is 1.86. The van der Waals surface area contributed by atoms with Gasteiger partial charge in [0.05, 0.1) is 21.3 Å². The van der Waals surface area contributed by atoms with Gasteiger partial charge in [-0.05, 0) is 53.8 Å². The summed E-state index contributed by atoms with van der Waals surface area (Å²) in [4.78, 5) is 11.7. The summed E-state index contributed by atoms with van der Waals surface area (Å²) in [5.74, 6) is 0.869. The Morgan fingerprint density at radius 1 is 1.07 bits per heavy atom. The number of aryl methyl sites for hydroxylation is 1. The predicted molar refractivity (Wildman–Crippen MR) is 107 cm³/mol. The van der Waals surface area contributed by atoms with Crippen LogP contribution in [-0.2, 0) is 6.54 Å². The summed E-state index contributed by atoms with van der Waals surface area (Å²) in [7, 11) is 4.74. The third-order valence-corrected chi connectivity index (χ3v) is 5.61. The minimum absolute atomic E-state index is 0.381. The van der Waals surface area contributed by atoms with Crippen LogP contribution in [0.4, 0.5) is 5.69 Å². The van der Waals surface area contributed by atoms with Crippen molar-refractivity contribution in [2.75, 3.05) is 26.6 Å². The number of anilines is 1. The molecule has 142 valence electrons. The summed E-state index contributed by atoms with van der Waals surface area (Å²) < 4.78 is 17.1. The Bertz CT molecular complexity index is 970. The van der Waals surface area contributed by atoms with Crippen LogP contribution in [0.1, 0.15) is 20.8 Å². The number of benzene rings is 2. The van der Waals surface area contributed by atoms with Crippen molar-refractivity contribution in [2.45, 2.75) is 13.5 Å². The zero-order valence-corrected chi connectivity index (χ0v) is 16.4. The average molecular weight is 387 g/mol. The van der Waals surface area contributed by atoms with Gasteiger partial charge < -0.3 is 24.6 Å². The molecule has 0 bridgehead atoms. The molecule has 2 aromatic carbocycles. The maximum absolute atomic E-state index is 11.3. The summed E-state index contributed by atoms with van der Waals surface area (Å²) >= 11 is 1.29. The summed E-state index contributed by atoms with van der Waals surface area (Å²) in [6, 6.07) is 9.65. The number of carboxylic acids is 1. The highest BCUT2D eigenvalue weighted by Crippen LogP contribution is 2.38. The van der Waals surface area contributed by atoms with Crippen molar-refractivity contribution in [3.8, 4) is 17.2 Å². The summed E-state index contributed by atoms with van der Waals surface area (Å²) in [5.41, 5.74) is 2.67. The fourth-order valence-corrected chi connectivity index (χ4v) is 4.00. The zero-order valence-electron chi connectivity index (χ0n) is 15.6. The lowest BCUT2D eigenvalue weighted by atomic mass is 10.1. The number of hydrogen-bond acceptors (Lipinski definition) is 6. The highest BCUT2D eigenvalue weighted by atomic mass is 32.1. The molecule has 6 nitrogen and oxygen atoms in total. The average Bonchev–Trinajstić information content (AvgIpc) is 3.01. The van der Waals surface area contributed by atoms with Crippen LogP contribution in [-0.4, -0.2) is 32.4 Å². The molecule has 0 fully saturated rings. The van der Waals surface area contributed by atoms with Gasteiger partial charge in [-0.25, -0.2) is 4.79 Å². The number of carboxylic acid groups (broad SMARTS) is 1. The van der Waals surface area contributed by atoms with Crippen molar-refractivity contribution in [1.29, 1.82) is 0 Å². The molecule has 1 aromatic heterocycles. The Morgan fingerprint density at radius 2 is 1.74 bits per heavy atom. The molecule has 7 heteroatoms. The molecule has 0 unspecified atom stereocenters. The van der Waals surface area contributed by atoms with E-state index >= 15 is 0 Å². The van der Waals surface area contributed by atoms with Gasteiger partial charge in [0.15, 0.2) is 11.5 Å². The quantitative estimate of drug-likeness (QED) is 0.620. The summed E-state index contributed by atoms with van der Waals surface area (Å²) in [6.07, 6.45) is 0. The Morgan fingerprint density at radius 3 is 2.30 bits per heavy atom. The molecule has 3 rings (SSSR count). The molecule has 0 saturated carbocycles. The molecule has 0 radical (unpaired) electrons. The third-order valence-electron chi connectivity index (χ3n) is 4.35. The van der Waals surface area contributed by atoms with Crippen LogP contribution >= 0.6 is 11.3 Å². The molecule has 2 N–H and O–H groups in total. The summed E-state index contributed by atoms with van der Waals surface area (Å²) in [6.45, 7) is 2.39. The fourth-order valence-electron chi connectivity index (χ4n) is 2.98. The minimum Gasteiger partial charge on any atom is -0.493 e. The van der Waals surface area contributed by atoms with E-state index in [1.54, 1.807) is 21.3 Å². The topological polar surface area (TPSA) is 77.0 Å². The number of fused-ring (bicyclic) bond motifs is 1. The lowest BCUT2D eigenvalue weighted by Gasteiger charge is -2.15. The number of methoxy groups -OCH3 is 3. The normalized spacial score (nSPS) is 10.7. The molecule has 0 aliphatic carbocycles. The standard InChI is InChI=1S/C20H21NO5S/c1-11-14-9-13(5-6-17(14)27-19(11)20(22)23)21-10-12-7-15(24-2)18(26-4)16(8-12)25-3/h5-9,21H,10H2,1-4H3,(H,22,23). The van der Waals surface area contributed by atoms with E-state index < -0.39 is 5.97 Å². The van der Waals surface area contributed by atoms with Gasteiger partial charge in [-0.15, -0.1) is 11.3 Å². The van der Waals surface area contributed by atoms with Gasteiger partial charge in [-0.1, -0.05) is 0 Å². The van der Waals surface area contributed by atoms with Gasteiger partial charge in [0, 0.05) is 16.9 Å². The van der Waals surface area contributed by atoms with E-state index in [4.69, 9.17) is 14.2 Å². The van der Waals surface area contributed by atoms with Crippen LogP contribution in [0.25, 0.3) is 10.1 Å². The van der Waals surface area contributed by atoms with Gasteiger partial charge in [-0.3, -0.25) is 0 Å². The van der Waals surface area contributed by atoms with Crippen molar-refractivity contribution in [2.24, 2.45) is 0 Å². The van der Waals surface area contributed by atoms with Crippen LogP contribution in [0.3, 0.4) is 0 Å². The van der Waals surface area contributed by atoms with E-state index in [0.717, 1.165) is 26.9 Å². The predicted octanol–water partition coefficient (Wildman–Crippen LogP) is 4.55. The van der Waals surface area contributed by atoms with Crippen molar-refractivity contribution in [3.63, 3.8) is 0 Å². The molecule has 1 heterocycles. The maximum Gasteiger partial charge on any atom is 0.346 e. The molecule has 0 aliphatic heterocycles. The second-order valence-corrected chi connectivity index (χ2v) is 7.01. The molecule has 0 saturated heterocycles. The van der Waals surface area contributed by atoms with Gasteiger partial charge in [-0.2, -0.15) is 0 Å². The lowest BCUT2D eigenvalue weighted by molar-refractivity contribution is 0.0701. The van der Waals surface area contributed by atoms with E-state index in [2.05, 4.69) is 5.32 Å². The molecular weight excluding hydrogens is 366 g/mol. The number of rotatable bonds is 7. The Hall–Kier alpha value is -2.93. The first-order valence-corrected chi connectivity index (χ1v) is 9.09. The van der Waals surface area contributed by atoms with Crippen LogP contribution in [0, 0.1) is 6.92 Å². The van der Waals surface area contributed by atoms with E-state index in [9.17, 15) is 9.90 Å². The third kappa shape index (κ3) is 3.64. The highest BCUT2D eigenvalue weighted by Gasteiger charge is 2.15. The van der Waals surface area contributed by atoms with Gasteiger partial charge in [0.2, 0.25) is 5.75 Å². The van der Waals surface area contributed by atoms with Crippen molar-refractivity contribution in [3.05, 3.63) is 46.3 Å². The zero-order chi connectivity index (χ0) is 19.6. The number of carbonyl (C=O) groups is 1.